The molecule has 1 aliphatic rings. The van der Waals surface area contributed by atoms with Gasteiger partial charge in [-0.3, -0.25) is 0 Å². The molecule has 0 aliphatic carbocycles. The largest absolute Gasteiger partial charge is 0.396 e. The van der Waals surface area contributed by atoms with E-state index in [1.54, 1.807) is 0 Å². The Balaban J connectivity index is 1.73. The first kappa shape index (κ1) is 15.9. The number of aliphatic hydroxyl groups excluding tert-OH is 1. The summed E-state index contributed by atoms with van der Waals surface area (Å²) in [5, 5.41) is 9.23. The van der Waals surface area contributed by atoms with Crippen LogP contribution < -0.4 is 0 Å². The van der Waals surface area contributed by atoms with Crippen LogP contribution in [0, 0.1) is 0 Å². The first-order valence-corrected chi connectivity index (χ1v) is 8.05. The van der Waals surface area contributed by atoms with Gasteiger partial charge in [-0.05, 0) is 12.0 Å². The molecular formula is C20H22O3. The second kappa shape index (κ2) is 8.06. The molecule has 1 aliphatic heterocycles. The van der Waals surface area contributed by atoms with Gasteiger partial charge in [-0.15, -0.1) is 0 Å². The number of rotatable bonds is 5. The van der Waals surface area contributed by atoms with Crippen LogP contribution in [0.2, 0.25) is 0 Å². The maximum absolute atomic E-state index is 9.23. The van der Waals surface area contributed by atoms with Crippen molar-refractivity contribution in [1.29, 1.82) is 0 Å². The minimum atomic E-state index is -0.382. The lowest BCUT2D eigenvalue weighted by atomic mass is 10.0. The molecule has 0 saturated carbocycles. The van der Waals surface area contributed by atoms with Crippen molar-refractivity contribution < 1.29 is 14.6 Å². The highest BCUT2D eigenvalue weighted by molar-refractivity contribution is 5.49. The summed E-state index contributed by atoms with van der Waals surface area (Å²) in [7, 11) is 0. The van der Waals surface area contributed by atoms with E-state index in [0.717, 1.165) is 17.5 Å². The normalized spacial score (nSPS) is 24.8. The standard InChI is InChI=1S/C20H22O3/c21-14-13-19-15-18(12-11-16-7-3-1-4-8-16)22-20(23-19)17-9-5-2-6-10-17/h1-12,18-21H,13-15H2/b12-11+/t18-,19+,20?/m1/s1. The Hall–Kier alpha value is -1.94. The SMILES string of the molecule is OCC[C@H]1C[C@@H](/C=C/c2ccccc2)OC(c2ccccc2)O1. The molecule has 0 bridgehead atoms. The summed E-state index contributed by atoms with van der Waals surface area (Å²) in [6, 6.07) is 20.1. The summed E-state index contributed by atoms with van der Waals surface area (Å²) in [6.45, 7) is 0.126. The third-order valence-electron chi connectivity index (χ3n) is 3.94. The quantitative estimate of drug-likeness (QED) is 0.908. The van der Waals surface area contributed by atoms with Crippen LogP contribution in [0.5, 0.6) is 0 Å². The van der Waals surface area contributed by atoms with E-state index >= 15 is 0 Å². The van der Waals surface area contributed by atoms with Gasteiger partial charge in [0.25, 0.3) is 0 Å². The van der Waals surface area contributed by atoms with Crippen molar-refractivity contribution in [1.82, 2.24) is 0 Å². The van der Waals surface area contributed by atoms with Crippen molar-refractivity contribution in [2.75, 3.05) is 6.61 Å². The first-order valence-electron chi connectivity index (χ1n) is 8.05. The van der Waals surface area contributed by atoms with Crippen molar-refractivity contribution in [3.63, 3.8) is 0 Å². The molecule has 0 spiro atoms. The van der Waals surface area contributed by atoms with Crippen LogP contribution in [0.1, 0.15) is 30.3 Å². The smallest absolute Gasteiger partial charge is 0.184 e. The van der Waals surface area contributed by atoms with Crippen LogP contribution in [0.4, 0.5) is 0 Å². The molecule has 2 aromatic rings. The van der Waals surface area contributed by atoms with Crippen molar-refractivity contribution in [2.45, 2.75) is 31.3 Å². The zero-order valence-corrected chi connectivity index (χ0v) is 13.0. The highest BCUT2D eigenvalue weighted by Crippen LogP contribution is 2.31. The molecule has 3 nitrogen and oxygen atoms in total. The van der Waals surface area contributed by atoms with Gasteiger partial charge < -0.3 is 14.6 Å². The predicted octanol–water partition coefficient (Wildman–Crippen LogP) is 3.96. The second-order valence-corrected chi connectivity index (χ2v) is 5.69. The van der Waals surface area contributed by atoms with E-state index in [-0.39, 0.29) is 25.1 Å². The molecule has 1 saturated heterocycles. The molecule has 1 unspecified atom stereocenters. The monoisotopic (exact) mass is 310 g/mol. The van der Waals surface area contributed by atoms with E-state index in [1.165, 1.54) is 0 Å². The molecule has 0 radical (unpaired) electrons. The van der Waals surface area contributed by atoms with Gasteiger partial charge in [0.15, 0.2) is 6.29 Å². The summed E-state index contributed by atoms with van der Waals surface area (Å²) in [5.41, 5.74) is 2.16. The van der Waals surface area contributed by atoms with Gasteiger partial charge in [-0.1, -0.05) is 72.8 Å². The van der Waals surface area contributed by atoms with Crippen LogP contribution in [-0.2, 0) is 9.47 Å². The lowest BCUT2D eigenvalue weighted by Gasteiger charge is -2.34. The molecule has 3 atom stereocenters. The van der Waals surface area contributed by atoms with Gasteiger partial charge in [0.1, 0.15) is 0 Å². The molecule has 3 rings (SSSR count). The van der Waals surface area contributed by atoms with Gasteiger partial charge in [0.2, 0.25) is 0 Å². The van der Waals surface area contributed by atoms with Crippen LogP contribution in [0.15, 0.2) is 66.7 Å². The molecule has 3 heteroatoms. The minimum absolute atomic E-state index is 0.00406. The lowest BCUT2D eigenvalue weighted by molar-refractivity contribution is -0.238. The molecule has 1 N–H and O–H groups in total. The van der Waals surface area contributed by atoms with Crippen LogP contribution in [-0.4, -0.2) is 23.9 Å². The zero-order chi connectivity index (χ0) is 15.9. The first-order chi connectivity index (χ1) is 11.3. The Morgan fingerprint density at radius 2 is 1.65 bits per heavy atom. The Kier molecular flexibility index (Phi) is 5.59. The Morgan fingerprint density at radius 3 is 2.35 bits per heavy atom. The third kappa shape index (κ3) is 4.52. The topological polar surface area (TPSA) is 38.7 Å². The van der Waals surface area contributed by atoms with E-state index < -0.39 is 0 Å². The maximum atomic E-state index is 9.23. The minimum Gasteiger partial charge on any atom is -0.396 e. The van der Waals surface area contributed by atoms with E-state index in [1.807, 2.05) is 48.5 Å². The number of hydrogen-bond acceptors (Lipinski definition) is 3. The van der Waals surface area contributed by atoms with Gasteiger partial charge in [-0.25, -0.2) is 0 Å². The highest BCUT2D eigenvalue weighted by atomic mass is 16.7. The molecular weight excluding hydrogens is 288 g/mol. The maximum Gasteiger partial charge on any atom is 0.184 e. The number of aliphatic hydroxyl groups is 1. The van der Waals surface area contributed by atoms with Gasteiger partial charge in [-0.2, -0.15) is 0 Å². The van der Waals surface area contributed by atoms with E-state index in [0.29, 0.717) is 6.42 Å². The van der Waals surface area contributed by atoms with Crippen LogP contribution in [0.3, 0.4) is 0 Å². The van der Waals surface area contributed by atoms with Gasteiger partial charge in [0, 0.05) is 18.6 Å². The number of benzene rings is 2. The fraction of sp³-hybridized carbons (Fsp3) is 0.300. The average Bonchev–Trinajstić information content (AvgIpc) is 2.62. The molecule has 23 heavy (non-hydrogen) atoms. The van der Waals surface area contributed by atoms with Gasteiger partial charge >= 0.3 is 0 Å². The van der Waals surface area contributed by atoms with Crippen molar-refractivity contribution in [3.8, 4) is 0 Å². The summed E-state index contributed by atoms with van der Waals surface area (Å²) >= 11 is 0. The van der Waals surface area contributed by atoms with Gasteiger partial charge in [0.05, 0.1) is 12.2 Å². The summed E-state index contributed by atoms with van der Waals surface area (Å²) < 4.78 is 12.1. The zero-order valence-electron chi connectivity index (χ0n) is 13.0. The van der Waals surface area contributed by atoms with Crippen molar-refractivity contribution >= 4 is 6.08 Å². The summed E-state index contributed by atoms with van der Waals surface area (Å²) in [4.78, 5) is 0. The second-order valence-electron chi connectivity index (χ2n) is 5.69. The molecule has 2 aromatic carbocycles. The van der Waals surface area contributed by atoms with E-state index in [4.69, 9.17) is 9.47 Å². The fourth-order valence-electron chi connectivity index (χ4n) is 2.74. The molecule has 0 aromatic heterocycles. The Morgan fingerprint density at radius 1 is 0.957 bits per heavy atom. The lowest BCUT2D eigenvalue weighted by Crippen LogP contribution is -2.33. The van der Waals surface area contributed by atoms with E-state index in [9.17, 15) is 5.11 Å². The van der Waals surface area contributed by atoms with Crippen LogP contribution in [0.25, 0.3) is 6.08 Å². The van der Waals surface area contributed by atoms with Crippen LogP contribution >= 0.6 is 0 Å². The van der Waals surface area contributed by atoms with Crippen molar-refractivity contribution in [3.05, 3.63) is 77.9 Å². The number of hydrogen-bond donors (Lipinski definition) is 1. The molecule has 1 heterocycles. The summed E-state index contributed by atoms with van der Waals surface area (Å²) in [5.74, 6) is 0. The third-order valence-corrected chi connectivity index (χ3v) is 3.94. The molecule has 0 amide bonds. The predicted molar refractivity (Wildman–Crippen MR) is 90.7 cm³/mol. The fourth-order valence-corrected chi connectivity index (χ4v) is 2.74. The Bertz CT molecular complexity index is 609. The average molecular weight is 310 g/mol. The summed E-state index contributed by atoms with van der Waals surface area (Å²) in [6.07, 6.45) is 5.14. The number of ether oxygens (including phenoxy) is 2. The highest BCUT2D eigenvalue weighted by Gasteiger charge is 2.29. The van der Waals surface area contributed by atoms with Crippen molar-refractivity contribution in [2.24, 2.45) is 0 Å². The molecule has 1 fully saturated rings. The molecule has 120 valence electrons. The van der Waals surface area contributed by atoms with E-state index in [2.05, 4.69) is 24.3 Å². The Labute approximate surface area is 137 Å².